The van der Waals surface area contributed by atoms with E-state index in [9.17, 15) is 9.59 Å². The van der Waals surface area contributed by atoms with Crippen molar-refractivity contribution in [2.75, 3.05) is 20.2 Å². The molecule has 0 atom stereocenters. The van der Waals surface area contributed by atoms with Crippen LogP contribution in [0.4, 0.5) is 0 Å². The van der Waals surface area contributed by atoms with Crippen LogP contribution in [0.25, 0.3) is 0 Å². The standard InChI is InChI=1S/C20H22N2O3/c1-3-13-21-19(23)16-6-8-17(9-7-16)20(24)22-14-12-15-4-10-18(25-2)11-5-15/h3-11H,1,12-14H2,2H3,(H,21,23)(H,22,24). The first-order valence-electron chi connectivity index (χ1n) is 8.04. The van der Waals surface area contributed by atoms with Gasteiger partial charge in [-0.2, -0.15) is 0 Å². The van der Waals surface area contributed by atoms with Gasteiger partial charge in [-0.15, -0.1) is 6.58 Å². The number of nitrogens with one attached hydrogen (secondary N) is 2. The number of carbonyl (C=O) groups excluding carboxylic acids is 2. The zero-order valence-electron chi connectivity index (χ0n) is 14.2. The molecule has 0 radical (unpaired) electrons. The van der Waals surface area contributed by atoms with Crippen molar-refractivity contribution < 1.29 is 14.3 Å². The van der Waals surface area contributed by atoms with Gasteiger partial charge in [-0.25, -0.2) is 0 Å². The Morgan fingerprint density at radius 1 is 0.960 bits per heavy atom. The second kappa shape index (κ2) is 9.27. The summed E-state index contributed by atoms with van der Waals surface area (Å²) in [6.45, 7) is 4.49. The molecule has 0 unspecified atom stereocenters. The van der Waals surface area contributed by atoms with Crippen molar-refractivity contribution in [1.82, 2.24) is 10.6 Å². The van der Waals surface area contributed by atoms with E-state index in [0.717, 1.165) is 17.7 Å². The van der Waals surface area contributed by atoms with Gasteiger partial charge in [0.25, 0.3) is 11.8 Å². The lowest BCUT2D eigenvalue weighted by Crippen LogP contribution is -2.26. The van der Waals surface area contributed by atoms with Crippen molar-refractivity contribution in [3.63, 3.8) is 0 Å². The summed E-state index contributed by atoms with van der Waals surface area (Å²) in [6.07, 6.45) is 2.35. The summed E-state index contributed by atoms with van der Waals surface area (Å²) in [6, 6.07) is 14.3. The molecule has 0 aliphatic carbocycles. The van der Waals surface area contributed by atoms with Gasteiger partial charge in [0.05, 0.1) is 7.11 Å². The summed E-state index contributed by atoms with van der Waals surface area (Å²) in [5, 5.41) is 5.57. The Kier molecular flexibility index (Phi) is 6.77. The summed E-state index contributed by atoms with van der Waals surface area (Å²) in [5.41, 5.74) is 2.15. The molecule has 130 valence electrons. The average molecular weight is 338 g/mol. The maximum Gasteiger partial charge on any atom is 0.251 e. The highest BCUT2D eigenvalue weighted by atomic mass is 16.5. The predicted octanol–water partition coefficient (Wildman–Crippen LogP) is 2.58. The van der Waals surface area contributed by atoms with Crippen LogP contribution in [0.1, 0.15) is 26.3 Å². The van der Waals surface area contributed by atoms with E-state index in [0.29, 0.717) is 24.2 Å². The molecule has 0 saturated heterocycles. The Labute approximate surface area is 147 Å². The molecule has 0 aromatic heterocycles. The summed E-state index contributed by atoms with van der Waals surface area (Å²) >= 11 is 0. The molecule has 2 N–H and O–H groups in total. The molecule has 0 bridgehead atoms. The number of amides is 2. The van der Waals surface area contributed by atoms with Crippen LogP contribution in [-0.2, 0) is 6.42 Å². The summed E-state index contributed by atoms with van der Waals surface area (Å²) in [7, 11) is 1.63. The maximum atomic E-state index is 12.1. The fourth-order valence-corrected chi connectivity index (χ4v) is 2.25. The number of methoxy groups -OCH3 is 1. The Balaban J connectivity index is 1.83. The SMILES string of the molecule is C=CCNC(=O)c1ccc(C(=O)NCCc2ccc(OC)cc2)cc1. The molecule has 0 saturated carbocycles. The van der Waals surface area contributed by atoms with Crippen molar-refractivity contribution >= 4 is 11.8 Å². The molecule has 25 heavy (non-hydrogen) atoms. The fourth-order valence-electron chi connectivity index (χ4n) is 2.25. The third-order valence-electron chi connectivity index (χ3n) is 3.67. The van der Waals surface area contributed by atoms with Gasteiger partial charge in [0.1, 0.15) is 5.75 Å². The van der Waals surface area contributed by atoms with Crippen molar-refractivity contribution in [3.05, 3.63) is 77.9 Å². The lowest BCUT2D eigenvalue weighted by atomic mass is 10.1. The molecule has 0 heterocycles. The fraction of sp³-hybridized carbons (Fsp3) is 0.200. The molecule has 5 nitrogen and oxygen atoms in total. The minimum absolute atomic E-state index is 0.161. The first-order valence-corrected chi connectivity index (χ1v) is 8.04. The van der Waals surface area contributed by atoms with Crippen molar-refractivity contribution in [2.45, 2.75) is 6.42 Å². The largest absolute Gasteiger partial charge is 0.497 e. The Hall–Kier alpha value is -3.08. The third-order valence-corrected chi connectivity index (χ3v) is 3.67. The van der Waals surface area contributed by atoms with Gasteiger partial charge in [-0.3, -0.25) is 9.59 Å². The van der Waals surface area contributed by atoms with Crippen LogP contribution in [-0.4, -0.2) is 32.0 Å². The minimum atomic E-state index is -0.189. The second-order valence-corrected chi connectivity index (χ2v) is 5.43. The topological polar surface area (TPSA) is 67.4 Å². The molecule has 0 aliphatic heterocycles. The van der Waals surface area contributed by atoms with E-state index in [-0.39, 0.29) is 11.8 Å². The summed E-state index contributed by atoms with van der Waals surface area (Å²) in [4.78, 5) is 23.9. The predicted molar refractivity (Wildman–Crippen MR) is 98.0 cm³/mol. The van der Waals surface area contributed by atoms with Gasteiger partial charge in [0.15, 0.2) is 0 Å². The lowest BCUT2D eigenvalue weighted by molar-refractivity contribution is 0.0944. The van der Waals surface area contributed by atoms with Crippen LogP contribution in [0, 0.1) is 0 Å². The van der Waals surface area contributed by atoms with Crippen LogP contribution < -0.4 is 15.4 Å². The second-order valence-electron chi connectivity index (χ2n) is 5.43. The van der Waals surface area contributed by atoms with Crippen LogP contribution in [0.5, 0.6) is 5.75 Å². The average Bonchev–Trinajstić information content (AvgIpc) is 2.66. The quantitative estimate of drug-likeness (QED) is 0.727. The molecular formula is C20H22N2O3. The molecule has 2 amide bonds. The van der Waals surface area contributed by atoms with Gasteiger partial charge in [-0.1, -0.05) is 18.2 Å². The van der Waals surface area contributed by atoms with E-state index >= 15 is 0 Å². The van der Waals surface area contributed by atoms with Crippen LogP contribution in [0.15, 0.2) is 61.2 Å². The van der Waals surface area contributed by atoms with E-state index in [4.69, 9.17) is 4.74 Å². The van der Waals surface area contributed by atoms with E-state index < -0.39 is 0 Å². The van der Waals surface area contributed by atoms with E-state index in [1.807, 2.05) is 24.3 Å². The normalized spacial score (nSPS) is 9.96. The third kappa shape index (κ3) is 5.49. The molecular weight excluding hydrogens is 316 g/mol. The highest BCUT2D eigenvalue weighted by Crippen LogP contribution is 2.11. The van der Waals surface area contributed by atoms with Crippen molar-refractivity contribution in [1.29, 1.82) is 0 Å². The maximum absolute atomic E-state index is 12.1. The number of rotatable bonds is 8. The Bertz CT molecular complexity index is 722. The zero-order valence-corrected chi connectivity index (χ0v) is 14.2. The highest BCUT2D eigenvalue weighted by Gasteiger charge is 2.08. The van der Waals surface area contributed by atoms with Crippen molar-refractivity contribution in [2.24, 2.45) is 0 Å². The monoisotopic (exact) mass is 338 g/mol. The summed E-state index contributed by atoms with van der Waals surface area (Å²) in [5.74, 6) is 0.461. The number of ether oxygens (including phenoxy) is 1. The highest BCUT2D eigenvalue weighted by molar-refractivity contribution is 5.97. The Morgan fingerprint density at radius 3 is 2.04 bits per heavy atom. The molecule has 2 rings (SSSR count). The van der Waals surface area contributed by atoms with Gasteiger partial charge in [-0.05, 0) is 48.4 Å². The van der Waals surface area contributed by atoms with Crippen LogP contribution in [0.3, 0.4) is 0 Å². The lowest BCUT2D eigenvalue weighted by Gasteiger charge is -2.07. The first-order chi connectivity index (χ1) is 12.1. The number of hydrogen-bond acceptors (Lipinski definition) is 3. The van der Waals surface area contributed by atoms with Gasteiger partial charge >= 0.3 is 0 Å². The van der Waals surface area contributed by atoms with E-state index in [1.165, 1.54) is 0 Å². The number of benzene rings is 2. The molecule has 0 fully saturated rings. The molecule has 0 aliphatic rings. The Morgan fingerprint density at radius 2 is 1.52 bits per heavy atom. The number of hydrogen-bond donors (Lipinski definition) is 2. The molecule has 2 aromatic rings. The van der Waals surface area contributed by atoms with Crippen LogP contribution >= 0.6 is 0 Å². The van der Waals surface area contributed by atoms with Gasteiger partial charge in [0.2, 0.25) is 0 Å². The van der Waals surface area contributed by atoms with E-state index in [1.54, 1.807) is 37.5 Å². The zero-order chi connectivity index (χ0) is 18.1. The molecule has 0 spiro atoms. The molecule has 5 heteroatoms. The van der Waals surface area contributed by atoms with Gasteiger partial charge < -0.3 is 15.4 Å². The number of carbonyl (C=O) groups is 2. The van der Waals surface area contributed by atoms with Gasteiger partial charge in [0, 0.05) is 24.2 Å². The smallest absolute Gasteiger partial charge is 0.251 e. The molecule has 2 aromatic carbocycles. The minimum Gasteiger partial charge on any atom is -0.497 e. The first kappa shape index (κ1) is 18.3. The summed E-state index contributed by atoms with van der Waals surface area (Å²) < 4.78 is 5.11. The van der Waals surface area contributed by atoms with Crippen LogP contribution in [0.2, 0.25) is 0 Å². The van der Waals surface area contributed by atoms with E-state index in [2.05, 4.69) is 17.2 Å². The van der Waals surface area contributed by atoms with Crippen molar-refractivity contribution in [3.8, 4) is 5.75 Å².